The lowest BCUT2D eigenvalue weighted by Gasteiger charge is -2.34. The second-order valence-corrected chi connectivity index (χ2v) is 8.51. The molecule has 31 heavy (non-hydrogen) atoms. The summed E-state index contributed by atoms with van der Waals surface area (Å²) in [6.07, 6.45) is 3.43. The Morgan fingerprint density at radius 3 is 2.81 bits per heavy atom. The summed E-state index contributed by atoms with van der Waals surface area (Å²) in [5.41, 5.74) is 1.20. The van der Waals surface area contributed by atoms with Crippen molar-refractivity contribution in [1.82, 2.24) is 29.9 Å². The van der Waals surface area contributed by atoms with Crippen LogP contribution in [0, 0.1) is 5.92 Å². The van der Waals surface area contributed by atoms with Crippen LogP contribution < -0.4 is 5.56 Å². The van der Waals surface area contributed by atoms with E-state index in [0.29, 0.717) is 29.6 Å². The lowest BCUT2D eigenvalue weighted by molar-refractivity contribution is -0.137. The van der Waals surface area contributed by atoms with Gasteiger partial charge in [0.25, 0.3) is 5.56 Å². The fourth-order valence-corrected chi connectivity index (χ4v) is 4.46. The zero-order valence-electron chi connectivity index (χ0n) is 17.8. The third kappa shape index (κ3) is 4.35. The van der Waals surface area contributed by atoms with Crippen molar-refractivity contribution in [3.05, 3.63) is 51.0 Å². The lowest BCUT2D eigenvalue weighted by Crippen LogP contribution is -2.42. The highest BCUT2D eigenvalue weighted by Crippen LogP contribution is 2.27. The molecule has 1 aliphatic rings. The minimum atomic E-state index is -0.311. The highest BCUT2D eigenvalue weighted by atomic mass is 35.5. The Morgan fingerprint density at radius 2 is 2.06 bits per heavy atom. The van der Waals surface area contributed by atoms with E-state index in [9.17, 15) is 9.59 Å². The summed E-state index contributed by atoms with van der Waals surface area (Å²) in [5, 5.41) is 8.77. The van der Waals surface area contributed by atoms with Crippen LogP contribution in [0.1, 0.15) is 56.8 Å². The van der Waals surface area contributed by atoms with Crippen LogP contribution in [0.5, 0.6) is 0 Å². The summed E-state index contributed by atoms with van der Waals surface area (Å²) in [5.74, 6) is 0.813. The van der Waals surface area contributed by atoms with E-state index in [4.69, 9.17) is 16.6 Å². The minimum absolute atomic E-state index is 0.0205. The van der Waals surface area contributed by atoms with Gasteiger partial charge in [-0.05, 0) is 37.3 Å². The van der Waals surface area contributed by atoms with Crippen LogP contribution in [-0.2, 0) is 11.3 Å². The van der Waals surface area contributed by atoms with Crippen molar-refractivity contribution in [1.29, 1.82) is 0 Å². The fourth-order valence-electron chi connectivity index (χ4n) is 4.27. The van der Waals surface area contributed by atoms with Gasteiger partial charge in [0, 0.05) is 29.9 Å². The molecule has 1 amide bonds. The first-order valence-electron chi connectivity index (χ1n) is 10.9. The van der Waals surface area contributed by atoms with Crippen molar-refractivity contribution < 1.29 is 4.79 Å². The number of halogens is 1. The number of hydrogen-bond donors (Lipinski definition) is 1. The maximum Gasteiger partial charge on any atom is 0.281 e. The number of carbonyl (C=O) groups is 1. The first-order chi connectivity index (χ1) is 15.0. The van der Waals surface area contributed by atoms with Crippen LogP contribution in [-0.4, -0.2) is 48.9 Å². The molecule has 4 rings (SSSR count). The van der Waals surface area contributed by atoms with Crippen molar-refractivity contribution in [2.45, 2.75) is 52.0 Å². The molecule has 0 saturated carbocycles. The van der Waals surface area contributed by atoms with Crippen molar-refractivity contribution in [2.75, 3.05) is 13.1 Å². The van der Waals surface area contributed by atoms with E-state index in [1.807, 2.05) is 43.0 Å². The number of fused-ring (bicyclic) bond motifs is 1. The van der Waals surface area contributed by atoms with Gasteiger partial charge in [-0.25, -0.2) is 9.67 Å². The van der Waals surface area contributed by atoms with E-state index < -0.39 is 0 Å². The number of H-pyrrole nitrogens is 1. The van der Waals surface area contributed by atoms with Gasteiger partial charge < -0.3 is 9.88 Å². The molecule has 0 aliphatic carbocycles. The van der Waals surface area contributed by atoms with Crippen LogP contribution >= 0.6 is 11.6 Å². The van der Waals surface area contributed by atoms with Gasteiger partial charge in [-0.3, -0.25) is 9.59 Å². The number of aromatic amines is 1. The van der Waals surface area contributed by atoms with Crippen LogP contribution in [0.25, 0.3) is 11.2 Å². The highest BCUT2D eigenvalue weighted by molar-refractivity contribution is 6.31. The molecule has 0 radical (unpaired) electrons. The van der Waals surface area contributed by atoms with Gasteiger partial charge in [-0.15, -0.1) is 5.10 Å². The molecule has 9 heteroatoms. The van der Waals surface area contributed by atoms with Gasteiger partial charge in [0.05, 0.1) is 6.54 Å². The molecule has 1 atom stereocenters. The average molecular weight is 443 g/mol. The number of hydrogen-bond acceptors (Lipinski definition) is 5. The number of piperidine rings is 1. The van der Waals surface area contributed by atoms with Crippen molar-refractivity contribution in [3.8, 4) is 0 Å². The Hall–Kier alpha value is -2.74. The van der Waals surface area contributed by atoms with E-state index in [1.54, 1.807) is 4.68 Å². The van der Waals surface area contributed by atoms with E-state index in [1.165, 1.54) is 0 Å². The summed E-state index contributed by atoms with van der Waals surface area (Å²) < 4.78 is 1.60. The number of benzene rings is 1. The number of likely N-dealkylation sites (tertiary alicyclic amines) is 1. The third-order valence-corrected chi connectivity index (χ3v) is 6.49. The zero-order chi connectivity index (χ0) is 22.0. The molecule has 1 fully saturated rings. The molecule has 3 aromatic rings. The highest BCUT2D eigenvalue weighted by Gasteiger charge is 2.29. The van der Waals surface area contributed by atoms with Crippen molar-refractivity contribution >= 4 is 28.7 Å². The van der Waals surface area contributed by atoms with Crippen molar-refractivity contribution in [2.24, 2.45) is 5.92 Å². The second-order valence-electron chi connectivity index (χ2n) is 8.10. The molecular formula is C22H27ClN6O2. The van der Waals surface area contributed by atoms with Gasteiger partial charge in [0.1, 0.15) is 5.82 Å². The fraction of sp³-hybridized carbons (Fsp3) is 0.500. The third-order valence-electron chi connectivity index (χ3n) is 6.12. The quantitative estimate of drug-likeness (QED) is 0.631. The van der Waals surface area contributed by atoms with Gasteiger partial charge in [0.15, 0.2) is 11.2 Å². The molecule has 3 heterocycles. The number of carbonyl (C=O) groups excluding carboxylic acids is 1. The first kappa shape index (κ1) is 21.5. The number of nitrogens with zero attached hydrogens (tertiary/aromatic N) is 5. The predicted octanol–water partition coefficient (Wildman–Crippen LogP) is 3.36. The lowest BCUT2D eigenvalue weighted by atomic mass is 9.94. The van der Waals surface area contributed by atoms with Gasteiger partial charge >= 0.3 is 0 Å². The van der Waals surface area contributed by atoms with E-state index in [-0.39, 0.29) is 28.8 Å². The molecule has 0 unspecified atom stereocenters. The molecule has 0 bridgehead atoms. The molecule has 2 aromatic heterocycles. The first-order valence-corrected chi connectivity index (χ1v) is 11.2. The molecule has 1 N–H and O–H groups in total. The number of amides is 1. The molecule has 1 saturated heterocycles. The van der Waals surface area contributed by atoms with Crippen LogP contribution in [0.2, 0.25) is 5.02 Å². The zero-order valence-corrected chi connectivity index (χ0v) is 18.6. The second kappa shape index (κ2) is 9.18. The van der Waals surface area contributed by atoms with Gasteiger partial charge in [-0.2, -0.15) is 0 Å². The Morgan fingerprint density at radius 1 is 1.29 bits per heavy atom. The smallest absolute Gasteiger partial charge is 0.281 e. The van der Waals surface area contributed by atoms with Gasteiger partial charge in [0.2, 0.25) is 5.91 Å². The number of rotatable bonds is 6. The average Bonchev–Trinajstić information content (AvgIpc) is 3.19. The van der Waals surface area contributed by atoms with Gasteiger partial charge in [-0.1, -0.05) is 48.9 Å². The maximum absolute atomic E-state index is 12.9. The topological polar surface area (TPSA) is 96.8 Å². The van der Waals surface area contributed by atoms with E-state index in [0.717, 1.165) is 37.8 Å². The Balaban J connectivity index is 1.63. The number of nitrogens with one attached hydrogen (secondary N) is 1. The SMILES string of the molecule is CCC(CC)C(=O)N1CCC[C@@H](c2nc3c(nnn3Cc3ccccc3Cl)c(=O)[nH]2)C1. The molecule has 164 valence electrons. The van der Waals surface area contributed by atoms with E-state index in [2.05, 4.69) is 15.3 Å². The largest absolute Gasteiger partial charge is 0.342 e. The summed E-state index contributed by atoms with van der Waals surface area (Å²) in [6.45, 7) is 5.79. The maximum atomic E-state index is 12.9. The number of aromatic nitrogens is 5. The Bertz CT molecular complexity index is 1140. The van der Waals surface area contributed by atoms with E-state index >= 15 is 0 Å². The summed E-state index contributed by atoms with van der Waals surface area (Å²) in [4.78, 5) is 35.1. The monoisotopic (exact) mass is 442 g/mol. The minimum Gasteiger partial charge on any atom is -0.342 e. The van der Waals surface area contributed by atoms with Crippen molar-refractivity contribution in [3.63, 3.8) is 0 Å². The predicted molar refractivity (Wildman–Crippen MR) is 119 cm³/mol. The molecule has 8 nitrogen and oxygen atoms in total. The summed E-state index contributed by atoms with van der Waals surface area (Å²) >= 11 is 6.28. The molecule has 1 aliphatic heterocycles. The van der Waals surface area contributed by atoms with Crippen LogP contribution in [0.4, 0.5) is 0 Å². The Labute approximate surface area is 185 Å². The van der Waals surface area contributed by atoms with Crippen LogP contribution in [0.15, 0.2) is 29.1 Å². The normalized spacial score (nSPS) is 16.9. The summed E-state index contributed by atoms with van der Waals surface area (Å²) in [7, 11) is 0. The molecule has 1 aromatic carbocycles. The standard InChI is InChI=1S/C22H27ClN6O2/c1-3-14(4-2)22(31)28-11-7-9-16(12-28)19-24-20-18(21(30)25-19)26-27-29(20)13-15-8-5-6-10-17(15)23/h5-6,8,10,14,16H,3-4,7,9,11-13H2,1-2H3,(H,24,25,30)/t16-/m1/s1. The van der Waals surface area contributed by atoms with Crippen LogP contribution in [0.3, 0.4) is 0 Å². The summed E-state index contributed by atoms with van der Waals surface area (Å²) in [6, 6.07) is 7.49. The Kier molecular flexibility index (Phi) is 6.36. The molecule has 0 spiro atoms. The molecular weight excluding hydrogens is 416 g/mol.